The lowest BCUT2D eigenvalue weighted by Crippen LogP contribution is -2.30. The van der Waals surface area contributed by atoms with E-state index in [1.807, 2.05) is 6.07 Å². The third-order valence-electron chi connectivity index (χ3n) is 4.21. The highest BCUT2D eigenvalue weighted by Gasteiger charge is 2.30. The monoisotopic (exact) mass is 351 g/mol. The van der Waals surface area contributed by atoms with Gasteiger partial charge in [0, 0.05) is 11.7 Å². The fourth-order valence-corrected chi connectivity index (χ4v) is 7.41. The Morgan fingerprint density at radius 2 is 1.17 bits per heavy atom. The Labute approximate surface area is 149 Å². The van der Waals surface area contributed by atoms with Gasteiger partial charge in [-0.15, -0.1) is 0 Å². The topological polar surface area (TPSA) is 12.0 Å². The second-order valence-electron chi connectivity index (χ2n) is 5.76. The van der Waals surface area contributed by atoms with E-state index in [0.29, 0.717) is 0 Å². The van der Waals surface area contributed by atoms with Gasteiger partial charge in [-0.1, -0.05) is 97.6 Å². The molecule has 3 rings (SSSR count). The Balaban J connectivity index is 2.08. The summed E-state index contributed by atoms with van der Waals surface area (Å²) in [5.74, 6) is 0.222. The van der Waals surface area contributed by atoms with E-state index in [2.05, 4.69) is 97.2 Å². The van der Waals surface area contributed by atoms with E-state index in [9.17, 15) is 0 Å². The summed E-state index contributed by atoms with van der Waals surface area (Å²) in [6.45, 7) is 2.22. The SMILES string of the molecule is CCC(Nc1ccccc1)P(=S)(c1ccccc1)c1ccccc1. The summed E-state index contributed by atoms with van der Waals surface area (Å²) >= 11 is 6.40. The first-order valence-corrected chi connectivity index (χ1v) is 11.1. The second kappa shape index (κ2) is 7.79. The van der Waals surface area contributed by atoms with Crippen LogP contribution in [0.5, 0.6) is 0 Å². The van der Waals surface area contributed by atoms with Crippen molar-refractivity contribution >= 4 is 34.1 Å². The van der Waals surface area contributed by atoms with Gasteiger partial charge < -0.3 is 5.32 Å². The third kappa shape index (κ3) is 3.45. The number of para-hydroxylation sites is 1. The zero-order chi connectivity index (χ0) is 16.8. The largest absolute Gasteiger partial charge is 0.377 e. The highest BCUT2D eigenvalue weighted by atomic mass is 32.4. The van der Waals surface area contributed by atoms with Crippen molar-refractivity contribution < 1.29 is 0 Å². The molecule has 0 fully saturated rings. The van der Waals surface area contributed by atoms with Crippen LogP contribution in [0.3, 0.4) is 0 Å². The van der Waals surface area contributed by atoms with Crippen LogP contribution >= 0.6 is 6.04 Å². The number of benzene rings is 3. The predicted molar refractivity (Wildman–Crippen MR) is 111 cm³/mol. The molecule has 1 unspecified atom stereocenters. The molecule has 0 aliphatic heterocycles. The van der Waals surface area contributed by atoms with Crippen LogP contribution in [-0.4, -0.2) is 5.78 Å². The summed E-state index contributed by atoms with van der Waals surface area (Å²) in [5.41, 5.74) is 1.13. The van der Waals surface area contributed by atoms with E-state index in [4.69, 9.17) is 11.8 Å². The molecule has 0 aliphatic carbocycles. The molecule has 3 aromatic carbocycles. The molecular weight excluding hydrogens is 329 g/mol. The first-order chi connectivity index (χ1) is 11.7. The third-order valence-corrected chi connectivity index (χ3v) is 9.74. The van der Waals surface area contributed by atoms with Gasteiger partial charge in [-0.2, -0.15) is 0 Å². The van der Waals surface area contributed by atoms with Gasteiger partial charge in [-0.3, -0.25) is 0 Å². The lowest BCUT2D eigenvalue weighted by molar-refractivity contribution is 0.911. The van der Waals surface area contributed by atoms with Gasteiger partial charge in [-0.25, -0.2) is 0 Å². The molecular formula is C21H22NPS. The van der Waals surface area contributed by atoms with Gasteiger partial charge >= 0.3 is 0 Å². The van der Waals surface area contributed by atoms with E-state index in [1.54, 1.807) is 0 Å². The summed E-state index contributed by atoms with van der Waals surface area (Å²) in [6.07, 6.45) is 0.982. The minimum Gasteiger partial charge on any atom is -0.377 e. The average Bonchev–Trinajstić information content (AvgIpc) is 2.67. The highest BCUT2D eigenvalue weighted by molar-refractivity contribution is 8.22. The molecule has 122 valence electrons. The number of hydrogen-bond donors (Lipinski definition) is 1. The molecule has 1 N–H and O–H groups in total. The summed E-state index contributed by atoms with van der Waals surface area (Å²) in [7, 11) is 0. The second-order valence-corrected chi connectivity index (χ2v) is 10.5. The Morgan fingerprint density at radius 3 is 1.58 bits per heavy atom. The predicted octanol–water partition coefficient (Wildman–Crippen LogP) is 4.97. The Kier molecular flexibility index (Phi) is 5.50. The van der Waals surface area contributed by atoms with Crippen molar-refractivity contribution in [2.24, 2.45) is 0 Å². The van der Waals surface area contributed by atoms with Gasteiger partial charge in [0.1, 0.15) is 0 Å². The lowest BCUT2D eigenvalue weighted by atomic mass is 10.3. The van der Waals surface area contributed by atoms with E-state index in [0.717, 1.165) is 12.1 Å². The molecule has 3 heteroatoms. The molecule has 24 heavy (non-hydrogen) atoms. The molecule has 0 heterocycles. The lowest BCUT2D eigenvalue weighted by Gasteiger charge is -2.33. The number of nitrogens with one attached hydrogen (secondary N) is 1. The van der Waals surface area contributed by atoms with Crippen molar-refractivity contribution in [2.75, 3.05) is 5.32 Å². The van der Waals surface area contributed by atoms with E-state index in [-0.39, 0.29) is 5.78 Å². The van der Waals surface area contributed by atoms with Crippen molar-refractivity contribution in [2.45, 2.75) is 19.1 Å². The van der Waals surface area contributed by atoms with E-state index >= 15 is 0 Å². The molecule has 3 aromatic rings. The standard InChI is InChI=1S/C21H22NPS/c1-2-21(22-18-12-6-3-7-13-18)23(24,19-14-8-4-9-15-19)20-16-10-5-11-17-20/h3-17,21-22H,2H2,1H3. The van der Waals surface area contributed by atoms with Gasteiger partial charge in [-0.05, 0) is 29.2 Å². The van der Waals surface area contributed by atoms with Crippen molar-refractivity contribution in [3.8, 4) is 0 Å². The number of hydrogen-bond acceptors (Lipinski definition) is 2. The zero-order valence-corrected chi connectivity index (χ0v) is 15.5. The fraction of sp³-hybridized carbons (Fsp3) is 0.143. The van der Waals surface area contributed by atoms with Crippen molar-refractivity contribution in [1.82, 2.24) is 0 Å². The maximum Gasteiger partial charge on any atom is 0.0625 e. The van der Waals surface area contributed by atoms with Gasteiger partial charge in [0.15, 0.2) is 0 Å². The van der Waals surface area contributed by atoms with Crippen LogP contribution in [0.15, 0.2) is 91.0 Å². The molecule has 0 aliphatic rings. The van der Waals surface area contributed by atoms with Gasteiger partial charge in [0.05, 0.1) is 5.78 Å². The summed E-state index contributed by atoms with van der Waals surface area (Å²) in [6, 6.07) is 29.6. The zero-order valence-electron chi connectivity index (χ0n) is 13.8. The maximum atomic E-state index is 6.40. The number of anilines is 1. The van der Waals surface area contributed by atoms with Crippen LogP contribution in [0.2, 0.25) is 0 Å². The van der Waals surface area contributed by atoms with Crippen LogP contribution < -0.4 is 15.9 Å². The Hall–Kier alpha value is -1.89. The van der Waals surface area contributed by atoms with Crippen molar-refractivity contribution in [1.29, 1.82) is 0 Å². The molecule has 0 saturated heterocycles. The number of rotatable bonds is 6. The molecule has 0 spiro atoms. The van der Waals surface area contributed by atoms with Crippen molar-refractivity contribution in [3.63, 3.8) is 0 Å². The molecule has 0 radical (unpaired) electrons. The minimum absolute atomic E-state index is 0.222. The molecule has 0 saturated carbocycles. The summed E-state index contributed by atoms with van der Waals surface area (Å²) in [4.78, 5) is 0. The summed E-state index contributed by atoms with van der Waals surface area (Å²) in [5, 5.41) is 6.24. The smallest absolute Gasteiger partial charge is 0.0625 e. The van der Waals surface area contributed by atoms with Crippen LogP contribution in [0.25, 0.3) is 0 Å². The molecule has 0 amide bonds. The van der Waals surface area contributed by atoms with E-state index in [1.165, 1.54) is 10.6 Å². The normalized spacial score (nSPS) is 12.5. The maximum absolute atomic E-state index is 6.40. The van der Waals surface area contributed by atoms with Gasteiger partial charge in [0.25, 0.3) is 0 Å². The average molecular weight is 351 g/mol. The Bertz CT molecular complexity index is 760. The molecule has 0 aromatic heterocycles. The van der Waals surface area contributed by atoms with Crippen LogP contribution in [-0.2, 0) is 11.8 Å². The van der Waals surface area contributed by atoms with Crippen molar-refractivity contribution in [3.05, 3.63) is 91.0 Å². The molecule has 1 atom stereocenters. The quantitative estimate of drug-likeness (QED) is 0.630. The van der Waals surface area contributed by atoms with E-state index < -0.39 is 6.04 Å². The highest BCUT2D eigenvalue weighted by Crippen LogP contribution is 2.50. The minimum atomic E-state index is -1.98. The molecule has 1 nitrogen and oxygen atoms in total. The first-order valence-electron chi connectivity index (χ1n) is 8.27. The van der Waals surface area contributed by atoms with Crippen LogP contribution in [0.4, 0.5) is 5.69 Å². The fourth-order valence-electron chi connectivity index (χ4n) is 2.98. The Morgan fingerprint density at radius 1 is 0.750 bits per heavy atom. The van der Waals surface area contributed by atoms with Gasteiger partial charge in [0.2, 0.25) is 0 Å². The first kappa shape index (κ1) is 17.0. The molecule has 0 bridgehead atoms. The van der Waals surface area contributed by atoms with Crippen LogP contribution in [0, 0.1) is 0 Å². The summed E-state index contributed by atoms with van der Waals surface area (Å²) < 4.78 is 0. The van der Waals surface area contributed by atoms with Crippen LogP contribution in [0.1, 0.15) is 13.3 Å².